The van der Waals surface area contributed by atoms with Crippen molar-refractivity contribution in [2.45, 2.75) is 45.6 Å². The number of halogens is 1. The van der Waals surface area contributed by atoms with Crippen LogP contribution in [0.25, 0.3) is 0 Å². The summed E-state index contributed by atoms with van der Waals surface area (Å²) in [6.45, 7) is 2.83. The summed E-state index contributed by atoms with van der Waals surface area (Å²) in [5, 5.41) is 18.6. The van der Waals surface area contributed by atoms with E-state index in [1.165, 1.54) is 18.5 Å². The van der Waals surface area contributed by atoms with Crippen LogP contribution in [0.1, 0.15) is 49.9 Å². The highest BCUT2D eigenvalue weighted by Crippen LogP contribution is 2.32. The van der Waals surface area contributed by atoms with Crippen LogP contribution < -0.4 is 0 Å². The lowest BCUT2D eigenvalue weighted by atomic mass is 9.73. The number of carboxylic acid groups (broad SMARTS) is 2. The maximum absolute atomic E-state index is 13.0. The Hall–Kier alpha value is -2.13. The van der Waals surface area contributed by atoms with Crippen molar-refractivity contribution in [1.82, 2.24) is 4.98 Å². The third-order valence-corrected chi connectivity index (χ3v) is 4.37. The molecule has 0 aliphatic heterocycles. The van der Waals surface area contributed by atoms with Crippen LogP contribution >= 0.6 is 15.9 Å². The van der Waals surface area contributed by atoms with E-state index in [0.29, 0.717) is 4.47 Å². The second-order valence-electron chi connectivity index (χ2n) is 6.32. The summed E-state index contributed by atoms with van der Waals surface area (Å²) >= 11 is 3.16. The molecule has 0 fully saturated rings. The fourth-order valence-corrected chi connectivity index (χ4v) is 2.88. The van der Waals surface area contributed by atoms with Gasteiger partial charge in [0.25, 0.3) is 0 Å². The maximum atomic E-state index is 13.0. The number of Topliss-reactive ketones (excluding diaryl/α,β-unsaturated/α-hetero) is 2. The van der Waals surface area contributed by atoms with Crippen LogP contribution in [-0.4, -0.2) is 51.4 Å². The van der Waals surface area contributed by atoms with E-state index in [4.69, 9.17) is 9.84 Å². The van der Waals surface area contributed by atoms with Crippen LogP contribution in [0.2, 0.25) is 0 Å². The highest BCUT2D eigenvalue weighted by Gasteiger charge is 2.52. The highest BCUT2D eigenvalue weighted by molar-refractivity contribution is 9.10. The zero-order chi connectivity index (χ0) is 20.6. The first kappa shape index (κ1) is 22.9. The zero-order valence-corrected chi connectivity index (χ0v) is 16.7. The van der Waals surface area contributed by atoms with Crippen molar-refractivity contribution in [3.63, 3.8) is 0 Å². The van der Waals surface area contributed by atoms with Gasteiger partial charge in [-0.3, -0.25) is 24.2 Å². The predicted octanol–water partition coefficient (Wildman–Crippen LogP) is 2.74. The van der Waals surface area contributed by atoms with Crippen LogP contribution in [0.4, 0.5) is 0 Å². The Morgan fingerprint density at radius 3 is 2.37 bits per heavy atom. The number of rotatable bonds is 12. The molecule has 0 amide bonds. The standard InChI is InChI=1S/C18H22BrNO7/c1-11(2)27-10-14(21)18(17(25)26,6-4-3-5-15(22)23)16(24)12-7-13(19)9-20-8-12/h7-9,11H,3-6,10H2,1-2H3,(H,22,23)(H,25,26). The van der Waals surface area contributed by atoms with E-state index in [-0.39, 0.29) is 37.4 Å². The van der Waals surface area contributed by atoms with E-state index in [2.05, 4.69) is 20.9 Å². The zero-order valence-electron chi connectivity index (χ0n) is 15.1. The van der Waals surface area contributed by atoms with Gasteiger partial charge in [0.2, 0.25) is 0 Å². The van der Waals surface area contributed by atoms with E-state index < -0.39 is 35.5 Å². The summed E-state index contributed by atoms with van der Waals surface area (Å²) in [5.74, 6) is -4.38. The molecule has 0 saturated carbocycles. The summed E-state index contributed by atoms with van der Waals surface area (Å²) in [7, 11) is 0. The van der Waals surface area contributed by atoms with Gasteiger partial charge in [0.05, 0.1) is 6.10 Å². The molecule has 0 radical (unpaired) electrons. The summed E-state index contributed by atoms with van der Waals surface area (Å²) < 4.78 is 5.69. The minimum absolute atomic E-state index is 0.0251. The van der Waals surface area contributed by atoms with Gasteiger partial charge in [-0.15, -0.1) is 0 Å². The molecule has 1 aromatic rings. The van der Waals surface area contributed by atoms with Crippen molar-refractivity contribution in [2.75, 3.05) is 6.61 Å². The smallest absolute Gasteiger partial charge is 0.325 e. The molecule has 0 bridgehead atoms. The molecule has 1 atom stereocenters. The number of unbranched alkanes of at least 4 members (excludes halogenated alkanes) is 1. The van der Waals surface area contributed by atoms with Gasteiger partial charge in [-0.1, -0.05) is 6.42 Å². The van der Waals surface area contributed by atoms with E-state index in [1.54, 1.807) is 13.8 Å². The lowest BCUT2D eigenvalue weighted by molar-refractivity contribution is -0.154. The number of carbonyl (C=O) groups excluding carboxylic acids is 2. The second kappa shape index (κ2) is 10.3. The Kier molecular flexibility index (Phi) is 8.71. The molecule has 0 saturated heterocycles. The Morgan fingerprint density at radius 2 is 1.85 bits per heavy atom. The number of aromatic nitrogens is 1. The van der Waals surface area contributed by atoms with Crippen molar-refractivity contribution in [2.24, 2.45) is 5.41 Å². The Morgan fingerprint density at radius 1 is 1.19 bits per heavy atom. The number of carboxylic acids is 2. The topological polar surface area (TPSA) is 131 Å². The van der Waals surface area contributed by atoms with Gasteiger partial charge in [-0.05, 0) is 48.7 Å². The van der Waals surface area contributed by atoms with Crippen LogP contribution in [0.15, 0.2) is 22.9 Å². The fraction of sp³-hybridized carbons (Fsp3) is 0.500. The first-order valence-electron chi connectivity index (χ1n) is 8.36. The largest absolute Gasteiger partial charge is 0.481 e. The summed E-state index contributed by atoms with van der Waals surface area (Å²) in [5.41, 5.74) is -2.38. The lowest BCUT2D eigenvalue weighted by Crippen LogP contribution is -2.48. The number of hydrogen-bond acceptors (Lipinski definition) is 6. The number of ketones is 2. The maximum Gasteiger partial charge on any atom is 0.325 e. The molecular weight excluding hydrogens is 422 g/mol. The van der Waals surface area contributed by atoms with Crippen molar-refractivity contribution >= 4 is 39.4 Å². The average molecular weight is 444 g/mol. The molecule has 0 spiro atoms. The monoisotopic (exact) mass is 443 g/mol. The lowest BCUT2D eigenvalue weighted by Gasteiger charge is -2.27. The molecule has 148 valence electrons. The van der Waals surface area contributed by atoms with Crippen molar-refractivity contribution < 1.29 is 34.1 Å². The van der Waals surface area contributed by atoms with Gasteiger partial charge < -0.3 is 14.9 Å². The molecule has 1 aromatic heterocycles. The Bertz CT molecular complexity index is 719. The molecule has 0 aliphatic carbocycles. The van der Waals surface area contributed by atoms with E-state index in [1.807, 2.05) is 0 Å². The van der Waals surface area contributed by atoms with Crippen LogP contribution in [0.5, 0.6) is 0 Å². The number of nitrogens with zero attached hydrogens (tertiary/aromatic N) is 1. The minimum Gasteiger partial charge on any atom is -0.481 e. The predicted molar refractivity (Wildman–Crippen MR) is 98.5 cm³/mol. The SMILES string of the molecule is CC(C)OCC(=O)C(CCCCC(=O)O)(C(=O)O)C(=O)c1cncc(Br)c1. The molecular formula is C18H22BrNO7. The molecule has 9 heteroatoms. The quantitative estimate of drug-likeness (QED) is 0.286. The third kappa shape index (κ3) is 6.21. The van der Waals surface area contributed by atoms with Gasteiger partial charge in [-0.2, -0.15) is 0 Å². The molecule has 1 unspecified atom stereocenters. The Labute approximate surface area is 165 Å². The first-order chi connectivity index (χ1) is 12.6. The van der Waals surface area contributed by atoms with Crippen LogP contribution in [0.3, 0.4) is 0 Å². The van der Waals surface area contributed by atoms with Gasteiger partial charge in [0, 0.05) is 28.9 Å². The molecule has 1 heterocycles. The average Bonchev–Trinajstić information content (AvgIpc) is 2.58. The normalized spacial score (nSPS) is 13.2. The molecule has 8 nitrogen and oxygen atoms in total. The van der Waals surface area contributed by atoms with Gasteiger partial charge in [0.15, 0.2) is 17.0 Å². The molecule has 0 aromatic carbocycles. The molecule has 1 rings (SSSR count). The van der Waals surface area contributed by atoms with Crippen molar-refractivity contribution in [3.8, 4) is 0 Å². The minimum atomic E-state index is -2.35. The van der Waals surface area contributed by atoms with E-state index in [0.717, 1.165) is 0 Å². The number of carbonyl (C=O) groups is 4. The highest BCUT2D eigenvalue weighted by atomic mass is 79.9. The van der Waals surface area contributed by atoms with Gasteiger partial charge in [0.1, 0.15) is 6.61 Å². The first-order valence-corrected chi connectivity index (χ1v) is 9.16. The second-order valence-corrected chi connectivity index (χ2v) is 7.23. The van der Waals surface area contributed by atoms with E-state index >= 15 is 0 Å². The van der Waals surface area contributed by atoms with Gasteiger partial charge >= 0.3 is 11.9 Å². The third-order valence-electron chi connectivity index (χ3n) is 3.94. The summed E-state index contributed by atoms with van der Waals surface area (Å²) in [4.78, 5) is 52.4. The summed E-state index contributed by atoms with van der Waals surface area (Å²) in [6.07, 6.45) is 2.02. The summed E-state index contributed by atoms with van der Waals surface area (Å²) in [6, 6.07) is 1.39. The number of pyridine rings is 1. The fourth-order valence-electron chi connectivity index (χ4n) is 2.52. The molecule has 0 aliphatic rings. The van der Waals surface area contributed by atoms with E-state index in [9.17, 15) is 24.3 Å². The number of aliphatic carboxylic acids is 2. The molecule has 27 heavy (non-hydrogen) atoms. The number of ether oxygens (including phenoxy) is 1. The van der Waals surface area contributed by atoms with Crippen molar-refractivity contribution in [1.29, 1.82) is 0 Å². The molecule has 2 N–H and O–H groups in total. The number of hydrogen-bond donors (Lipinski definition) is 2. The van der Waals surface area contributed by atoms with Crippen molar-refractivity contribution in [3.05, 3.63) is 28.5 Å². The van der Waals surface area contributed by atoms with Crippen LogP contribution in [0, 0.1) is 5.41 Å². The Balaban J connectivity index is 3.24. The van der Waals surface area contributed by atoms with Gasteiger partial charge in [-0.25, -0.2) is 0 Å². The van der Waals surface area contributed by atoms with Crippen LogP contribution in [-0.2, 0) is 19.1 Å².